The number of nitrogens with one attached hydrogen (secondary N) is 2. The molecule has 1 aromatic heterocycles. The number of fused-ring (bicyclic) bond motifs is 1. The Bertz CT molecular complexity index is 904. The fourth-order valence-corrected chi connectivity index (χ4v) is 3.77. The summed E-state index contributed by atoms with van der Waals surface area (Å²) in [7, 11) is 0. The molecule has 0 saturated carbocycles. The summed E-state index contributed by atoms with van der Waals surface area (Å²) in [6.07, 6.45) is 3.01. The van der Waals surface area contributed by atoms with Crippen LogP contribution >= 0.6 is 0 Å². The normalized spacial score (nSPS) is 18.8. The summed E-state index contributed by atoms with van der Waals surface area (Å²) in [4.78, 5) is 41.5. The number of aromatic nitrogens is 1. The minimum atomic E-state index is -0.402. The SMILES string of the molecule is O=C(NC1CC(=O)N(Cc2ccccc2)C1)c1cc2c([nH]c1=O)CCC2. The van der Waals surface area contributed by atoms with Crippen molar-refractivity contribution in [2.45, 2.75) is 38.3 Å². The number of hydrogen-bond donors (Lipinski definition) is 2. The number of benzene rings is 1. The van der Waals surface area contributed by atoms with E-state index < -0.39 is 5.91 Å². The number of pyridine rings is 1. The number of aryl methyl sites for hydroxylation is 2. The molecule has 0 radical (unpaired) electrons. The van der Waals surface area contributed by atoms with Gasteiger partial charge in [0, 0.05) is 25.2 Å². The van der Waals surface area contributed by atoms with Crippen molar-refractivity contribution in [3.05, 3.63) is 69.1 Å². The highest BCUT2D eigenvalue weighted by Crippen LogP contribution is 2.19. The van der Waals surface area contributed by atoms with E-state index in [4.69, 9.17) is 0 Å². The Morgan fingerprint density at radius 2 is 2.00 bits per heavy atom. The van der Waals surface area contributed by atoms with E-state index in [0.29, 0.717) is 13.1 Å². The van der Waals surface area contributed by atoms with Gasteiger partial charge in [-0.1, -0.05) is 30.3 Å². The van der Waals surface area contributed by atoms with Crippen molar-refractivity contribution in [2.75, 3.05) is 6.54 Å². The van der Waals surface area contributed by atoms with Crippen LogP contribution in [0.4, 0.5) is 0 Å². The second kappa shape index (κ2) is 6.78. The largest absolute Gasteiger partial charge is 0.347 e. The molecule has 0 spiro atoms. The van der Waals surface area contributed by atoms with Crippen LogP contribution in [0.2, 0.25) is 0 Å². The van der Waals surface area contributed by atoms with Crippen molar-refractivity contribution in [1.82, 2.24) is 15.2 Å². The monoisotopic (exact) mass is 351 g/mol. The number of carbonyl (C=O) groups is 2. The molecule has 4 rings (SSSR count). The van der Waals surface area contributed by atoms with Crippen LogP contribution in [0.1, 0.15) is 40.0 Å². The van der Waals surface area contributed by atoms with Gasteiger partial charge in [-0.2, -0.15) is 0 Å². The quantitative estimate of drug-likeness (QED) is 0.873. The summed E-state index contributed by atoms with van der Waals surface area (Å²) in [6, 6.07) is 11.2. The molecule has 1 unspecified atom stereocenters. The molecule has 26 heavy (non-hydrogen) atoms. The third-order valence-electron chi connectivity index (χ3n) is 5.10. The standard InChI is InChI=1S/C20H21N3O3/c24-18-10-15(12-23(18)11-13-5-2-1-3-6-13)21-19(25)16-9-14-7-4-8-17(14)22-20(16)26/h1-3,5-6,9,15H,4,7-8,10-12H2,(H,21,25)(H,22,26). The number of amides is 2. The molecule has 0 bridgehead atoms. The molecular formula is C20H21N3O3. The molecule has 134 valence electrons. The molecule has 1 aliphatic carbocycles. The maximum Gasteiger partial charge on any atom is 0.261 e. The van der Waals surface area contributed by atoms with Crippen LogP contribution in [-0.4, -0.2) is 34.3 Å². The molecule has 6 heteroatoms. The predicted molar refractivity (Wildman–Crippen MR) is 96.8 cm³/mol. The Morgan fingerprint density at radius 1 is 1.19 bits per heavy atom. The summed E-state index contributed by atoms with van der Waals surface area (Å²) in [5.41, 5.74) is 2.83. The van der Waals surface area contributed by atoms with Gasteiger partial charge in [0.2, 0.25) is 5.91 Å². The third kappa shape index (κ3) is 3.27. The molecule has 6 nitrogen and oxygen atoms in total. The summed E-state index contributed by atoms with van der Waals surface area (Å²) >= 11 is 0. The van der Waals surface area contributed by atoms with E-state index in [0.717, 1.165) is 36.1 Å². The molecule has 1 atom stereocenters. The van der Waals surface area contributed by atoms with Crippen molar-refractivity contribution < 1.29 is 9.59 Å². The van der Waals surface area contributed by atoms with Gasteiger partial charge in [-0.15, -0.1) is 0 Å². The van der Waals surface area contributed by atoms with Gasteiger partial charge in [-0.05, 0) is 36.5 Å². The number of carbonyl (C=O) groups excluding carboxylic acids is 2. The average Bonchev–Trinajstić information content (AvgIpc) is 3.21. The maximum absolute atomic E-state index is 12.5. The van der Waals surface area contributed by atoms with Crippen LogP contribution in [0.5, 0.6) is 0 Å². The minimum Gasteiger partial charge on any atom is -0.347 e. The van der Waals surface area contributed by atoms with Crippen molar-refractivity contribution >= 4 is 11.8 Å². The molecule has 1 aromatic carbocycles. The first-order chi connectivity index (χ1) is 12.6. The van der Waals surface area contributed by atoms with Crippen molar-refractivity contribution in [1.29, 1.82) is 0 Å². The Kier molecular flexibility index (Phi) is 4.32. The molecule has 2 heterocycles. The molecule has 2 N–H and O–H groups in total. The number of H-pyrrole nitrogens is 1. The van der Waals surface area contributed by atoms with Gasteiger partial charge < -0.3 is 15.2 Å². The first-order valence-electron chi connectivity index (χ1n) is 8.98. The Morgan fingerprint density at radius 3 is 2.81 bits per heavy atom. The summed E-state index contributed by atoms with van der Waals surface area (Å²) in [6.45, 7) is 0.994. The van der Waals surface area contributed by atoms with Crippen LogP contribution < -0.4 is 10.9 Å². The third-order valence-corrected chi connectivity index (χ3v) is 5.10. The lowest BCUT2D eigenvalue weighted by molar-refractivity contribution is -0.128. The molecular weight excluding hydrogens is 330 g/mol. The summed E-state index contributed by atoms with van der Waals surface area (Å²) < 4.78 is 0. The summed E-state index contributed by atoms with van der Waals surface area (Å²) in [5.74, 6) is -0.387. The molecule has 1 fully saturated rings. The van der Waals surface area contributed by atoms with E-state index in [-0.39, 0.29) is 29.5 Å². The first kappa shape index (κ1) is 16.6. The van der Waals surface area contributed by atoms with E-state index >= 15 is 0 Å². The van der Waals surface area contributed by atoms with Crippen molar-refractivity contribution in [3.8, 4) is 0 Å². The van der Waals surface area contributed by atoms with E-state index in [1.54, 1.807) is 11.0 Å². The lowest BCUT2D eigenvalue weighted by Crippen LogP contribution is -2.39. The number of nitrogens with zero attached hydrogens (tertiary/aromatic N) is 1. The lowest BCUT2D eigenvalue weighted by Gasteiger charge is -2.17. The Balaban J connectivity index is 1.43. The smallest absolute Gasteiger partial charge is 0.261 e. The molecule has 2 aliphatic rings. The number of aromatic amines is 1. The van der Waals surface area contributed by atoms with Gasteiger partial charge >= 0.3 is 0 Å². The molecule has 1 saturated heterocycles. The predicted octanol–water partition coefficient (Wildman–Crippen LogP) is 1.39. The average molecular weight is 351 g/mol. The molecule has 2 amide bonds. The van der Waals surface area contributed by atoms with E-state index in [1.807, 2.05) is 30.3 Å². The number of rotatable bonds is 4. The van der Waals surface area contributed by atoms with Gasteiger partial charge in [-0.25, -0.2) is 0 Å². The second-order valence-corrected chi connectivity index (χ2v) is 7.00. The first-order valence-corrected chi connectivity index (χ1v) is 8.98. The van der Waals surface area contributed by atoms with Gasteiger partial charge in [0.15, 0.2) is 0 Å². The van der Waals surface area contributed by atoms with Gasteiger partial charge in [0.25, 0.3) is 11.5 Å². The highest BCUT2D eigenvalue weighted by atomic mass is 16.2. The van der Waals surface area contributed by atoms with Crippen molar-refractivity contribution in [2.24, 2.45) is 0 Å². The molecule has 2 aromatic rings. The topological polar surface area (TPSA) is 82.3 Å². The minimum absolute atomic E-state index is 0.0158. The van der Waals surface area contributed by atoms with Gasteiger partial charge in [0.1, 0.15) is 5.56 Å². The number of hydrogen-bond acceptors (Lipinski definition) is 3. The van der Waals surface area contributed by atoms with E-state index in [2.05, 4.69) is 10.3 Å². The van der Waals surface area contributed by atoms with Crippen LogP contribution in [0, 0.1) is 0 Å². The summed E-state index contributed by atoms with van der Waals surface area (Å²) in [5, 5.41) is 2.85. The zero-order valence-corrected chi connectivity index (χ0v) is 14.5. The second-order valence-electron chi connectivity index (χ2n) is 7.00. The highest BCUT2D eigenvalue weighted by Gasteiger charge is 2.31. The van der Waals surface area contributed by atoms with Crippen molar-refractivity contribution in [3.63, 3.8) is 0 Å². The Hall–Kier alpha value is -2.89. The van der Waals surface area contributed by atoms with Gasteiger partial charge in [-0.3, -0.25) is 14.4 Å². The fourth-order valence-electron chi connectivity index (χ4n) is 3.77. The zero-order valence-electron chi connectivity index (χ0n) is 14.5. The van der Waals surface area contributed by atoms with Crippen LogP contribution in [0.25, 0.3) is 0 Å². The highest BCUT2D eigenvalue weighted by molar-refractivity contribution is 5.95. The maximum atomic E-state index is 12.5. The van der Waals surface area contributed by atoms with Gasteiger partial charge in [0.05, 0.1) is 6.04 Å². The number of likely N-dealkylation sites (tertiary alicyclic amines) is 1. The molecule has 1 aliphatic heterocycles. The van der Waals surface area contributed by atoms with E-state index in [1.165, 1.54) is 0 Å². The van der Waals surface area contributed by atoms with E-state index in [9.17, 15) is 14.4 Å². The van der Waals surface area contributed by atoms with Crippen LogP contribution in [0.3, 0.4) is 0 Å². The Labute approximate surface area is 151 Å². The van der Waals surface area contributed by atoms with Crippen LogP contribution in [0.15, 0.2) is 41.2 Å². The fraction of sp³-hybridized carbons (Fsp3) is 0.350. The zero-order chi connectivity index (χ0) is 18.1. The lowest BCUT2D eigenvalue weighted by atomic mass is 10.1. The van der Waals surface area contributed by atoms with Crippen LogP contribution in [-0.2, 0) is 24.2 Å².